The van der Waals surface area contributed by atoms with Gasteiger partial charge in [0.25, 0.3) is 15.9 Å². The highest BCUT2D eigenvalue weighted by molar-refractivity contribution is 7.91. The van der Waals surface area contributed by atoms with E-state index in [1.54, 1.807) is 36.2 Å². The first-order valence-corrected chi connectivity index (χ1v) is 12.4. The van der Waals surface area contributed by atoms with E-state index in [2.05, 4.69) is 5.32 Å². The average molecular weight is 478 g/mol. The third-order valence-electron chi connectivity index (χ3n) is 6.42. The summed E-state index contributed by atoms with van der Waals surface area (Å²) in [6.45, 7) is 3.83. The first-order valence-electron chi connectivity index (χ1n) is 10.6. The summed E-state index contributed by atoms with van der Waals surface area (Å²) in [6, 6.07) is 20.7. The van der Waals surface area contributed by atoms with Crippen molar-refractivity contribution in [2.45, 2.75) is 30.3 Å². The molecule has 33 heavy (non-hydrogen) atoms. The summed E-state index contributed by atoms with van der Waals surface area (Å²) in [5.74, 6) is -0.251. The molecule has 5 rings (SSSR count). The molecule has 2 atom stereocenters. The van der Waals surface area contributed by atoms with Gasteiger partial charge < -0.3 is 10.2 Å². The second-order valence-electron chi connectivity index (χ2n) is 8.55. The topological polar surface area (TPSA) is 69.7 Å². The third kappa shape index (κ3) is 3.01. The van der Waals surface area contributed by atoms with E-state index in [4.69, 9.17) is 12.2 Å². The van der Waals surface area contributed by atoms with Gasteiger partial charge in [0, 0.05) is 18.3 Å². The molecule has 0 radical (unpaired) electrons. The van der Waals surface area contributed by atoms with Crippen molar-refractivity contribution in [3.05, 3.63) is 95.1 Å². The van der Waals surface area contributed by atoms with Crippen LogP contribution in [0.3, 0.4) is 0 Å². The highest BCUT2D eigenvalue weighted by Gasteiger charge is 2.64. The zero-order chi connectivity index (χ0) is 23.5. The number of carbonyl (C=O) groups is 1. The zero-order valence-corrected chi connectivity index (χ0v) is 20.1. The number of aryl methyl sites for hydroxylation is 2. The van der Waals surface area contributed by atoms with E-state index in [9.17, 15) is 13.2 Å². The van der Waals surface area contributed by atoms with Crippen molar-refractivity contribution >= 4 is 38.9 Å². The number of rotatable bonds is 3. The fourth-order valence-corrected chi connectivity index (χ4v) is 6.95. The van der Waals surface area contributed by atoms with Gasteiger partial charge in [0.05, 0.1) is 4.90 Å². The molecule has 2 heterocycles. The molecule has 0 unspecified atom stereocenters. The molecule has 1 saturated heterocycles. The van der Waals surface area contributed by atoms with Gasteiger partial charge in [0.15, 0.2) is 10.7 Å². The Hall–Kier alpha value is -3.23. The van der Waals surface area contributed by atoms with Crippen LogP contribution in [0.5, 0.6) is 0 Å². The maximum atomic E-state index is 13.9. The predicted octanol–water partition coefficient (Wildman–Crippen LogP) is 3.80. The van der Waals surface area contributed by atoms with Gasteiger partial charge in [-0.15, -0.1) is 0 Å². The summed E-state index contributed by atoms with van der Waals surface area (Å²) in [6.07, 6.45) is 0. The fourth-order valence-electron chi connectivity index (χ4n) is 4.86. The van der Waals surface area contributed by atoms with Crippen molar-refractivity contribution in [1.29, 1.82) is 0 Å². The number of fused-ring (bicyclic) bond motifs is 2. The van der Waals surface area contributed by atoms with E-state index in [-0.39, 0.29) is 15.9 Å². The van der Waals surface area contributed by atoms with Gasteiger partial charge in [-0.25, -0.2) is 12.7 Å². The van der Waals surface area contributed by atoms with E-state index in [0.717, 1.165) is 16.8 Å². The number of hydrogen-bond donors (Lipinski definition) is 1. The molecule has 1 amide bonds. The molecule has 8 heteroatoms. The minimum absolute atomic E-state index is 0.000495. The SMILES string of the molecule is Cc1ccc(S(=O)(=O)N2C(=S)N[C@]3(C(=O)N(C)c4ccccc43)[C@H]2c2cccc(C)c2)cc1. The maximum absolute atomic E-state index is 13.9. The number of thiocarbonyl (C=S) groups is 1. The van der Waals surface area contributed by atoms with Gasteiger partial charge in [-0.2, -0.15) is 0 Å². The standard InChI is InChI=1S/C25H23N3O3S2/c1-16-11-13-19(14-12-16)33(30,31)28-22(18-8-6-7-17(2)15-18)25(26-24(28)32)20-9-4-5-10-21(20)27(3)23(25)29/h4-15,22H,1-3H3,(H,26,32)/t22-,25+/m1/s1. The van der Waals surface area contributed by atoms with Crippen LogP contribution in [0.2, 0.25) is 0 Å². The normalized spacial score (nSPS) is 22.1. The second-order valence-corrected chi connectivity index (χ2v) is 10.8. The van der Waals surface area contributed by atoms with Crippen LogP contribution < -0.4 is 10.2 Å². The number of amides is 1. The Morgan fingerprint density at radius 1 is 0.939 bits per heavy atom. The molecule has 0 saturated carbocycles. The Morgan fingerprint density at radius 2 is 1.64 bits per heavy atom. The van der Waals surface area contributed by atoms with Crippen LogP contribution in [0.4, 0.5) is 5.69 Å². The summed E-state index contributed by atoms with van der Waals surface area (Å²) in [4.78, 5) is 15.5. The van der Waals surface area contributed by atoms with Gasteiger partial charge in [-0.05, 0) is 49.8 Å². The van der Waals surface area contributed by atoms with Crippen LogP contribution >= 0.6 is 12.2 Å². The Morgan fingerprint density at radius 3 is 2.33 bits per heavy atom. The minimum atomic E-state index is -4.06. The largest absolute Gasteiger partial charge is 0.342 e. The number of benzene rings is 3. The van der Waals surface area contributed by atoms with Crippen LogP contribution in [0.15, 0.2) is 77.7 Å². The number of likely N-dealkylation sites (N-methyl/N-ethyl adjacent to an activating group) is 1. The van der Waals surface area contributed by atoms with E-state index < -0.39 is 21.6 Å². The van der Waals surface area contributed by atoms with Gasteiger partial charge in [-0.1, -0.05) is 65.7 Å². The maximum Gasteiger partial charge on any atom is 0.266 e. The Kier molecular flexibility index (Phi) is 4.84. The molecule has 0 bridgehead atoms. The summed E-state index contributed by atoms with van der Waals surface area (Å²) < 4.78 is 29.1. The van der Waals surface area contributed by atoms with Crippen molar-refractivity contribution < 1.29 is 13.2 Å². The number of sulfonamides is 1. The Labute approximate surface area is 198 Å². The van der Waals surface area contributed by atoms with Gasteiger partial charge in [0.1, 0.15) is 6.04 Å². The number of carbonyl (C=O) groups excluding carboxylic acids is 1. The molecule has 2 aliphatic heterocycles. The molecule has 2 aliphatic rings. The average Bonchev–Trinajstić information content (AvgIpc) is 3.22. The lowest BCUT2D eigenvalue weighted by atomic mass is 9.81. The molecule has 0 aromatic heterocycles. The molecule has 6 nitrogen and oxygen atoms in total. The van der Waals surface area contributed by atoms with Crippen molar-refractivity contribution in [3.63, 3.8) is 0 Å². The van der Waals surface area contributed by atoms with Crippen molar-refractivity contribution in [1.82, 2.24) is 9.62 Å². The van der Waals surface area contributed by atoms with E-state index >= 15 is 0 Å². The lowest BCUT2D eigenvalue weighted by Gasteiger charge is -2.33. The molecule has 1 N–H and O–H groups in total. The minimum Gasteiger partial charge on any atom is -0.342 e. The number of anilines is 1. The van der Waals surface area contributed by atoms with Gasteiger partial charge in [0.2, 0.25) is 0 Å². The van der Waals surface area contributed by atoms with Crippen LogP contribution in [0.1, 0.15) is 28.3 Å². The van der Waals surface area contributed by atoms with Crippen molar-refractivity contribution in [2.24, 2.45) is 0 Å². The molecular formula is C25H23N3O3S2. The number of para-hydroxylation sites is 1. The molecule has 1 spiro atoms. The molecule has 168 valence electrons. The quantitative estimate of drug-likeness (QED) is 0.581. The first kappa shape index (κ1) is 21.6. The van der Waals surface area contributed by atoms with E-state index in [1.807, 2.05) is 62.4 Å². The Bertz CT molecular complexity index is 1400. The lowest BCUT2D eigenvalue weighted by Crippen LogP contribution is -2.50. The summed E-state index contributed by atoms with van der Waals surface area (Å²) in [7, 11) is -2.36. The number of nitrogens with zero attached hydrogens (tertiary/aromatic N) is 2. The second kappa shape index (κ2) is 7.40. The molecule has 3 aromatic rings. The smallest absolute Gasteiger partial charge is 0.266 e. The van der Waals surface area contributed by atoms with Crippen LogP contribution in [-0.2, 0) is 20.4 Å². The van der Waals surface area contributed by atoms with E-state index in [0.29, 0.717) is 11.1 Å². The van der Waals surface area contributed by atoms with Crippen molar-refractivity contribution in [2.75, 3.05) is 11.9 Å². The third-order valence-corrected chi connectivity index (χ3v) is 8.61. The predicted molar refractivity (Wildman–Crippen MR) is 131 cm³/mol. The summed E-state index contributed by atoms with van der Waals surface area (Å²) in [5.41, 5.74) is 2.66. The molecule has 3 aromatic carbocycles. The number of hydrogen-bond acceptors (Lipinski definition) is 4. The lowest BCUT2D eigenvalue weighted by molar-refractivity contribution is -0.124. The monoisotopic (exact) mass is 477 g/mol. The first-order chi connectivity index (χ1) is 15.7. The number of nitrogens with one attached hydrogen (secondary N) is 1. The van der Waals surface area contributed by atoms with Crippen LogP contribution in [0, 0.1) is 13.8 Å². The van der Waals surface area contributed by atoms with Crippen LogP contribution in [0.25, 0.3) is 0 Å². The van der Waals surface area contributed by atoms with E-state index in [1.165, 1.54) is 4.31 Å². The fraction of sp³-hybridized carbons (Fsp3) is 0.200. The zero-order valence-electron chi connectivity index (χ0n) is 18.4. The molecule has 0 aliphatic carbocycles. The Balaban J connectivity index is 1.79. The van der Waals surface area contributed by atoms with Crippen molar-refractivity contribution in [3.8, 4) is 0 Å². The summed E-state index contributed by atoms with van der Waals surface area (Å²) in [5, 5.41) is 3.16. The van der Waals surface area contributed by atoms with Gasteiger partial charge in [-0.3, -0.25) is 4.79 Å². The van der Waals surface area contributed by atoms with Crippen LogP contribution in [-0.4, -0.2) is 30.8 Å². The molecular weight excluding hydrogens is 454 g/mol. The highest BCUT2D eigenvalue weighted by Crippen LogP contribution is 2.53. The van der Waals surface area contributed by atoms with Gasteiger partial charge >= 0.3 is 0 Å². The summed E-state index contributed by atoms with van der Waals surface area (Å²) >= 11 is 5.62. The highest BCUT2D eigenvalue weighted by atomic mass is 32.2. The molecule has 1 fully saturated rings.